The lowest BCUT2D eigenvalue weighted by atomic mass is 10.1. The minimum atomic E-state index is -1.12. The van der Waals surface area contributed by atoms with E-state index in [-0.39, 0.29) is 11.4 Å². The molecule has 1 N–H and O–H groups in total. The molecule has 0 aliphatic rings. The molecule has 148 valence electrons. The maximum Gasteiger partial charge on any atom is 0.375 e. The first-order chi connectivity index (χ1) is 13.8. The van der Waals surface area contributed by atoms with Gasteiger partial charge < -0.3 is 14.5 Å². The third kappa shape index (κ3) is 4.83. The van der Waals surface area contributed by atoms with E-state index in [1.165, 1.54) is 67.6 Å². The molecule has 0 bridgehead atoms. The van der Waals surface area contributed by atoms with E-state index in [9.17, 15) is 24.1 Å². The van der Waals surface area contributed by atoms with E-state index in [2.05, 4.69) is 5.32 Å². The van der Waals surface area contributed by atoms with Crippen LogP contribution in [-0.4, -0.2) is 22.9 Å². The van der Waals surface area contributed by atoms with Gasteiger partial charge in [0.2, 0.25) is 5.76 Å². The second-order valence-corrected chi connectivity index (χ2v) is 6.01. The van der Waals surface area contributed by atoms with Crippen molar-refractivity contribution in [1.82, 2.24) is 0 Å². The standard InChI is InChI=1S/C20H15FN2O6/c1-12(19(24)22-15-6-4-14(21)5-7-15)28-20(25)18-11-10-17(29-18)13-2-8-16(9-3-13)23(26)27/h2-12H,1H3,(H,22,24)/t12-/m0/s1. The van der Waals surface area contributed by atoms with Crippen LogP contribution in [0.25, 0.3) is 11.3 Å². The van der Waals surface area contributed by atoms with E-state index in [0.29, 0.717) is 17.0 Å². The second-order valence-electron chi connectivity index (χ2n) is 6.01. The number of anilines is 1. The summed E-state index contributed by atoms with van der Waals surface area (Å²) in [7, 11) is 0. The molecule has 0 spiro atoms. The summed E-state index contributed by atoms with van der Waals surface area (Å²) < 4.78 is 23.4. The number of hydrogen-bond donors (Lipinski definition) is 1. The van der Waals surface area contributed by atoms with E-state index in [1.54, 1.807) is 0 Å². The fourth-order valence-electron chi connectivity index (χ4n) is 2.40. The normalized spacial score (nSPS) is 11.5. The summed E-state index contributed by atoms with van der Waals surface area (Å²) in [5.74, 6) is -1.69. The molecule has 1 aromatic heterocycles. The molecule has 0 fully saturated rings. The molecule has 9 heteroatoms. The number of furan rings is 1. The van der Waals surface area contributed by atoms with Crippen molar-refractivity contribution in [1.29, 1.82) is 0 Å². The minimum absolute atomic E-state index is 0.0686. The fraction of sp³-hybridized carbons (Fsp3) is 0.100. The Morgan fingerprint density at radius 1 is 1.07 bits per heavy atom. The molecule has 0 aliphatic carbocycles. The molecular weight excluding hydrogens is 383 g/mol. The number of carbonyl (C=O) groups excluding carboxylic acids is 2. The van der Waals surface area contributed by atoms with Gasteiger partial charge >= 0.3 is 5.97 Å². The zero-order valence-corrected chi connectivity index (χ0v) is 15.1. The lowest BCUT2D eigenvalue weighted by Crippen LogP contribution is -2.29. The number of carbonyl (C=O) groups is 2. The predicted molar refractivity (Wildman–Crippen MR) is 101 cm³/mol. The summed E-state index contributed by atoms with van der Waals surface area (Å²) >= 11 is 0. The van der Waals surface area contributed by atoms with Crippen LogP contribution in [0.1, 0.15) is 17.5 Å². The number of halogens is 1. The average Bonchev–Trinajstić information content (AvgIpc) is 3.20. The van der Waals surface area contributed by atoms with Crippen molar-refractivity contribution in [3.63, 3.8) is 0 Å². The number of nitro groups is 1. The molecule has 2 aromatic carbocycles. The molecule has 0 unspecified atom stereocenters. The molecule has 3 rings (SSSR count). The summed E-state index contributed by atoms with van der Waals surface area (Å²) in [6.07, 6.45) is -1.12. The van der Waals surface area contributed by atoms with Gasteiger partial charge in [-0.2, -0.15) is 0 Å². The number of non-ortho nitro benzene ring substituents is 1. The molecule has 29 heavy (non-hydrogen) atoms. The second kappa shape index (κ2) is 8.34. The van der Waals surface area contributed by atoms with Crippen molar-refractivity contribution < 1.29 is 28.1 Å². The van der Waals surface area contributed by atoms with E-state index in [4.69, 9.17) is 9.15 Å². The van der Waals surface area contributed by atoms with Crippen LogP contribution in [0, 0.1) is 15.9 Å². The Morgan fingerprint density at radius 3 is 2.34 bits per heavy atom. The van der Waals surface area contributed by atoms with Crippen molar-refractivity contribution in [2.24, 2.45) is 0 Å². The van der Waals surface area contributed by atoms with Gasteiger partial charge in [0.05, 0.1) is 4.92 Å². The first kappa shape index (κ1) is 19.7. The first-order valence-corrected chi connectivity index (χ1v) is 8.45. The van der Waals surface area contributed by atoms with Gasteiger partial charge in [0.25, 0.3) is 11.6 Å². The molecule has 8 nitrogen and oxygen atoms in total. The average molecular weight is 398 g/mol. The highest BCUT2D eigenvalue weighted by atomic mass is 19.1. The molecule has 3 aromatic rings. The molecule has 1 atom stereocenters. The quantitative estimate of drug-likeness (QED) is 0.379. The molecular formula is C20H15FN2O6. The number of nitrogens with zero attached hydrogens (tertiary/aromatic N) is 1. The van der Waals surface area contributed by atoms with Crippen LogP contribution in [0.4, 0.5) is 15.8 Å². The van der Waals surface area contributed by atoms with E-state index >= 15 is 0 Å². The van der Waals surface area contributed by atoms with E-state index in [1.807, 2.05) is 0 Å². The number of benzene rings is 2. The van der Waals surface area contributed by atoms with Gasteiger partial charge in [-0.15, -0.1) is 0 Å². The Hall–Kier alpha value is -4.01. The number of hydrogen-bond acceptors (Lipinski definition) is 6. The topological polar surface area (TPSA) is 112 Å². The Morgan fingerprint density at radius 2 is 1.72 bits per heavy atom. The van der Waals surface area contributed by atoms with Crippen molar-refractivity contribution >= 4 is 23.3 Å². The number of esters is 1. The van der Waals surface area contributed by atoms with Gasteiger partial charge in [-0.1, -0.05) is 0 Å². The fourth-order valence-corrected chi connectivity index (χ4v) is 2.40. The van der Waals surface area contributed by atoms with Gasteiger partial charge in [0.1, 0.15) is 11.6 Å². The van der Waals surface area contributed by atoms with Crippen LogP contribution in [0.15, 0.2) is 65.1 Å². The molecule has 0 radical (unpaired) electrons. The van der Waals surface area contributed by atoms with Crippen LogP contribution in [0.3, 0.4) is 0 Å². The lowest BCUT2D eigenvalue weighted by Gasteiger charge is -2.12. The summed E-state index contributed by atoms with van der Waals surface area (Å²) in [6, 6.07) is 13.6. The van der Waals surface area contributed by atoms with Crippen molar-refractivity contribution in [3.8, 4) is 11.3 Å². The Labute approximate surface area is 164 Å². The Bertz CT molecular complexity index is 1040. The van der Waals surface area contributed by atoms with Gasteiger partial charge in [-0.05, 0) is 55.5 Å². The predicted octanol–water partition coefficient (Wildman–Crippen LogP) is 4.18. The summed E-state index contributed by atoms with van der Waals surface area (Å²) in [5.41, 5.74) is 0.829. The monoisotopic (exact) mass is 398 g/mol. The van der Waals surface area contributed by atoms with Crippen LogP contribution in [0.5, 0.6) is 0 Å². The highest BCUT2D eigenvalue weighted by Crippen LogP contribution is 2.25. The molecule has 0 aliphatic heterocycles. The van der Waals surface area contributed by atoms with Gasteiger partial charge in [-0.25, -0.2) is 9.18 Å². The van der Waals surface area contributed by atoms with Crippen LogP contribution >= 0.6 is 0 Å². The lowest BCUT2D eigenvalue weighted by molar-refractivity contribution is -0.384. The van der Waals surface area contributed by atoms with Crippen LogP contribution in [-0.2, 0) is 9.53 Å². The molecule has 0 saturated carbocycles. The molecule has 1 heterocycles. The third-order valence-corrected chi connectivity index (χ3v) is 3.93. The highest BCUT2D eigenvalue weighted by Gasteiger charge is 2.22. The zero-order valence-electron chi connectivity index (χ0n) is 15.1. The van der Waals surface area contributed by atoms with Crippen molar-refractivity contribution in [3.05, 3.63) is 82.4 Å². The van der Waals surface area contributed by atoms with Gasteiger partial charge in [-0.3, -0.25) is 14.9 Å². The van der Waals surface area contributed by atoms with Crippen LogP contribution < -0.4 is 5.32 Å². The zero-order chi connectivity index (χ0) is 21.0. The highest BCUT2D eigenvalue weighted by molar-refractivity contribution is 5.96. The van der Waals surface area contributed by atoms with Crippen molar-refractivity contribution in [2.45, 2.75) is 13.0 Å². The van der Waals surface area contributed by atoms with Gasteiger partial charge in [0, 0.05) is 23.4 Å². The number of nitro benzene ring substituents is 1. The third-order valence-electron chi connectivity index (χ3n) is 3.93. The molecule has 1 amide bonds. The maximum atomic E-state index is 12.9. The summed E-state index contributed by atoms with van der Waals surface area (Å²) in [6.45, 7) is 1.39. The van der Waals surface area contributed by atoms with Gasteiger partial charge in [0.15, 0.2) is 6.10 Å². The number of ether oxygens (including phenoxy) is 1. The SMILES string of the molecule is C[C@H](OC(=O)c1ccc(-c2ccc([N+](=O)[O-])cc2)o1)C(=O)Nc1ccc(F)cc1. The van der Waals surface area contributed by atoms with Crippen molar-refractivity contribution in [2.75, 3.05) is 5.32 Å². The molecule has 0 saturated heterocycles. The number of amides is 1. The van der Waals surface area contributed by atoms with E-state index < -0.39 is 28.7 Å². The van der Waals surface area contributed by atoms with E-state index in [0.717, 1.165) is 0 Å². The summed E-state index contributed by atoms with van der Waals surface area (Å²) in [5, 5.41) is 13.2. The van der Waals surface area contributed by atoms with Crippen LogP contribution in [0.2, 0.25) is 0 Å². The minimum Gasteiger partial charge on any atom is -0.449 e. The Kier molecular flexibility index (Phi) is 5.68. The maximum absolute atomic E-state index is 12.9. The smallest absolute Gasteiger partial charge is 0.375 e. The largest absolute Gasteiger partial charge is 0.449 e. The number of nitrogens with one attached hydrogen (secondary N) is 1. The number of rotatable bonds is 6. The first-order valence-electron chi connectivity index (χ1n) is 8.45. The summed E-state index contributed by atoms with van der Waals surface area (Å²) in [4.78, 5) is 34.5. The Balaban J connectivity index is 1.62.